The summed E-state index contributed by atoms with van der Waals surface area (Å²) in [5, 5.41) is 4.62. The van der Waals surface area contributed by atoms with E-state index in [1.54, 1.807) is 0 Å². The Balaban J connectivity index is 1.13. The van der Waals surface area contributed by atoms with E-state index >= 15 is 0 Å². The molecule has 0 unspecified atom stereocenters. The molecular formula is C49H31N3O. The zero-order valence-corrected chi connectivity index (χ0v) is 28.6. The molecule has 248 valence electrons. The van der Waals surface area contributed by atoms with Crippen LogP contribution in [0.25, 0.3) is 100 Å². The van der Waals surface area contributed by atoms with Gasteiger partial charge in [-0.25, -0.2) is 15.0 Å². The molecule has 10 aromatic rings. The van der Waals surface area contributed by atoms with Crippen LogP contribution in [0.15, 0.2) is 192 Å². The summed E-state index contributed by atoms with van der Waals surface area (Å²) < 4.78 is 6.16. The Morgan fingerprint density at radius 2 is 0.811 bits per heavy atom. The van der Waals surface area contributed by atoms with E-state index in [0.29, 0.717) is 17.5 Å². The summed E-state index contributed by atoms with van der Waals surface area (Å²) >= 11 is 0. The van der Waals surface area contributed by atoms with Gasteiger partial charge in [0.1, 0.15) is 11.2 Å². The molecule has 8 aromatic carbocycles. The third-order valence-corrected chi connectivity index (χ3v) is 9.97. The fourth-order valence-electron chi connectivity index (χ4n) is 7.30. The third kappa shape index (κ3) is 5.63. The van der Waals surface area contributed by atoms with Gasteiger partial charge in [0.05, 0.1) is 0 Å². The molecule has 0 fully saturated rings. The highest BCUT2D eigenvalue weighted by Gasteiger charge is 2.18. The van der Waals surface area contributed by atoms with Gasteiger partial charge in [0.25, 0.3) is 0 Å². The van der Waals surface area contributed by atoms with Crippen molar-refractivity contribution in [2.75, 3.05) is 0 Å². The average Bonchev–Trinajstić information content (AvgIpc) is 3.62. The van der Waals surface area contributed by atoms with Crippen molar-refractivity contribution in [2.24, 2.45) is 0 Å². The number of hydrogen-bond donors (Lipinski definition) is 0. The van der Waals surface area contributed by atoms with E-state index in [2.05, 4.69) is 152 Å². The molecule has 53 heavy (non-hydrogen) atoms. The first-order chi connectivity index (χ1) is 26.2. The molecule has 0 aliphatic heterocycles. The maximum Gasteiger partial charge on any atom is 0.164 e. The van der Waals surface area contributed by atoms with Gasteiger partial charge in [-0.15, -0.1) is 0 Å². The van der Waals surface area contributed by atoms with Crippen LogP contribution in [0.2, 0.25) is 0 Å². The Morgan fingerprint density at radius 3 is 1.57 bits per heavy atom. The van der Waals surface area contributed by atoms with E-state index in [1.165, 1.54) is 16.3 Å². The molecule has 0 atom stereocenters. The zero-order chi connectivity index (χ0) is 35.1. The van der Waals surface area contributed by atoms with Gasteiger partial charge in [-0.1, -0.05) is 164 Å². The van der Waals surface area contributed by atoms with Crippen LogP contribution in [0, 0.1) is 0 Å². The minimum atomic E-state index is 0.610. The minimum Gasteiger partial charge on any atom is -0.456 e. The van der Waals surface area contributed by atoms with Crippen LogP contribution in [0.4, 0.5) is 0 Å². The first-order valence-electron chi connectivity index (χ1n) is 17.8. The van der Waals surface area contributed by atoms with Crippen LogP contribution in [0.5, 0.6) is 0 Å². The van der Waals surface area contributed by atoms with Crippen molar-refractivity contribution in [1.29, 1.82) is 0 Å². The average molecular weight is 678 g/mol. The van der Waals surface area contributed by atoms with Crippen molar-refractivity contribution in [1.82, 2.24) is 15.0 Å². The fraction of sp³-hybridized carbons (Fsp3) is 0. The van der Waals surface area contributed by atoms with E-state index in [1.807, 2.05) is 36.4 Å². The molecular weight excluding hydrogens is 647 g/mol. The van der Waals surface area contributed by atoms with Gasteiger partial charge in [0, 0.05) is 27.5 Å². The number of fused-ring (bicyclic) bond motifs is 4. The molecule has 0 aliphatic carbocycles. The summed E-state index contributed by atoms with van der Waals surface area (Å²) in [7, 11) is 0. The van der Waals surface area contributed by atoms with Crippen LogP contribution in [-0.2, 0) is 0 Å². The molecule has 2 heterocycles. The first-order valence-corrected chi connectivity index (χ1v) is 17.8. The molecule has 0 N–H and O–H groups in total. The molecule has 4 nitrogen and oxygen atoms in total. The fourth-order valence-corrected chi connectivity index (χ4v) is 7.30. The summed E-state index contributed by atoms with van der Waals surface area (Å²) in [5.74, 6) is 1.84. The largest absolute Gasteiger partial charge is 0.456 e. The summed E-state index contributed by atoms with van der Waals surface area (Å²) in [6.45, 7) is 0. The van der Waals surface area contributed by atoms with Gasteiger partial charge >= 0.3 is 0 Å². The van der Waals surface area contributed by atoms with Crippen LogP contribution < -0.4 is 0 Å². The Labute approximate surface area is 306 Å². The normalized spacial score (nSPS) is 11.4. The van der Waals surface area contributed by atoms with Gasteiger partial charge in [-0.05, 0) is 68.4 Å². The summed E-state index contributed by atoms with van der Waals surface area (Å²) in [4.78, 5) is 15.6. The molecule has 0 saturated heterocycles. The zero-order valence-electron chi connectivity index (χ0n) is 28.6. The Hall–Kier alpha value is -7.17. The summed E-state index contributed by atoms with van der Waals surface area (Å²) in [6.07, 6.45) is 0. The minimum absolute atomic E-state index is 0.610. The number of hydrogen-bond acceptors (Lipinski definition) is 4. The SMILES string of the molecule is c1ccc(-c2ccccc2-c2nc(-c3ccc(-c4ccc5ccccc5c4)cc3)nc(-c3ccccc3-c3ccc4oc5ccccc5c4c3)n2)cc1. The number of rotatable bonds is 6. The maximum atomic E-state index is 6.16. The number of furan rings is 1. The lowest BCUT2D eigenvalue weighted by atomic mass is 9.97. The summed E-state index contributed by atoms with van der Waals surface area (Å²) in [6, 6.07) is 65.2. The highest BCUT2D eigenvalue weighted by Crippen LogP contribution is 2.38. The molecule has 10 rings (SSSR count). The topological polar surface area (TPSA) is 51.8 Å². The van der Waals surface area contributed by atoms with E-state index in [-0.39, 0.29) is 0 Å². The quantitative estimate of drug-likeness (QED) is 0.176. The molecule has 0 aliphatic rings. The Morgan fingerprint density at radius 1 is 0.283 bits per heavy atom. The molecule has 0 saturated carbocycles. The van der Waals surface area contributed by atoms with Crippen LogP contribution in [0.1, 0.15) is 0 Å². The van der Waals surface area contributed by atoms with Crippen LogP contribution >= 0.6 is 0 Å². The molecule has 0 spiro atoms. The second-order valence-electron chi connectivity index (χ2n) is 13.2. The van der Waals surface area contributed by atoms with E-state index < -0.39 is 0 Å². The van der Waals surface area contributed by atoms with Crippen molar-refractivity contribution < 1.29 is 4.42 Å². The van der Waals surface area contributed by atoms with E-state index in [0.717, 1.165) is 66.4 Å². The van der Waals surface area contributed by atoms with E-state index in [9.17, 15) is 0 Å². The molecule has 0 radical (unpaired) electrons. The van der Waals surface area contributed by atoms with Gasteiger partial charge in [-0.2, -0.15) is 0 Å². The van der Waals surface area contributed by atoms with Crippen molar-refractivity contribution in [3.05, 3.63) is 188 Å². The highest BCUT2D eigenvalue weighted by molar-refractivity contribution is 6.06. The van der Waals surface area contributed by atoms with Gasteiger partial charge in [0.2, 0.25) is 0 Å². The van der Waals surface area contributed by atoms with Crippen molar-refractivity contribution in [2.45, 2.75) is 0 Å². The molecule has 0 bridgehead atoms. The Kier molecular flexibility index (Phi) is 7.43. The van der Waals surface area contributed by atoms with Gasteiger partial charge in [0.15, 0.2) is 17.5 Å². The van der Waals surface area contributed by atoms with Crippen LogP contribution in [0.3, 0.4) is 0 Å². The Bertz CT molecular complexity index is 2950. The monoisotopic (exact) mass is 677 g/mol. The first kappa shape index (κ1) is 30.6. The summed E-state index contributed by atoms with van der Waals surface area (Å²) in [5.41, 5.74) is 11.1. The smallest absolute Gasteiger partial charge is 0.164 e. The number of para-hydroxylation sites is 1. The molecule has 0 amide bonds. The predicted octanol–water partition coefficient (Wildman–Crippen LogP) is 12.9. The number of nitrogens with zero attached hydrogens (tertiary/aromatic N) is 3. The van der Waals surface area contributed by atoms with Crippen molar-refractivity contribution >= 4 is 32.7 Å². The third-order valence-electron chi connectivity index (χ3n) is 9.97. The second kappa shape index (κ2) is 12.9. The number of benzene rings is 8. The maximum absolute atomic E-state index is 6.16. The lowest BCUT2D eigenvalue weighted by Gasteiger charge is -2.14. The molecule has 2 aromatic heterocycles. The lowest BCUT2D eigenvalue weighted by Crippen LogP contribution is -2.02. The highest BCUT2D eigenvalue weighted by atomic mass is 16.3. The van der Waals surface area contributed by atoms with Crippen LogP contribution in [-0.4, -0.2) is 15.0 Å². The van der Waals surface area contributed by atoms with Gasteiger partial charge < -0.3 is 4.42 Å². The van der Waals surface area contributed by atoms with E-state index in [4.69, 9.17) is 19.4 Å². The van der Waals surface area contributed by atoms with Gasteiger partial charge in [-0.3, -0.25) is 0 Å². The predicted molar refractivity (Wildman–Crippen MR) is 217 cm³/mol. The molecule has 4 heteroatoms. The lowest BCUT2D eigenvalue weighted by molar-refractivity contribution is 0.669. The number of aromatic nitrogens is 3. The second-order valence-corrected chi connectivity index (χ2v) is 13.2. The standard InChI is InChI=1S/C49H31N3O/c1-2-13-34(14-3-1)39-16-6-8-19-42(39)48-50-47(35-25-22-33(23-26-35)37-27-24-32-12-4-5-15-36(32)30-37)51-49(52-48)43-20-9-7-17-40(43)38-28-29-46-44(31-38)41-18-10-11-21-45(41)53-46/h1-31H. The van der Waals surface area contributed by atoms with Crippen molar-refractivity contribution in [3.8, 4) is 67.5 Å². The van der Waals surface area contributed by atoms with Crippen molar-refractivity contribution in [3.63, 3.8) is 0 Å².